The van der Waals surface area contributed by atoms with Crippen LogP contribution in [0.15, 0.2) is 64.6 Å². The molecule has 0 saturated carbocycles. The summed E-state index contributed by atoms with van der Waals surface area (Å²) in [4.78, 5) is 48.5. The first kappa shape index (κ1) is 40.5. The van der Waals surface area contributed by atoms with E-state index in [-0.39, 0.29) is 40.8 Å². The van der Waals surface area contributed by atoms with Gasteiger partial charge in [0.1, 0.15) is 17.1 Å². The standard InChI is InChI=1S/C38H47ClF3N7O3S/c1-49-32(20-24-14-13-23-8-2-3-10-26(23)24)35(51)47-22-27-28(38(40,41)42)15-16-29(39)33(27)53-36-25(9-7-19-45-36)21-46-30(12-6-18-44)34(50)48-31(37(49)52)11-4-5-17-43/h2-3,7-10,15-16,19,24,30-32,46H,4-6,11-14,17-18,20-22,43-44H2,1H3,(H,47,51)(H,48,50)/t24?,30-,31-,32-/m0/s1. The molecular weight excluding hydrogens is 727 g/mol. The minimum Gasteiger partial charge on any atom is -0.350 e. The van der Waals surface area contributed by atoms with Gasteiger partial charge in [0.25, 0.3) is 0 Å². The van der Waals surface area contributed by atoms with E-state index in [9.17, 15) is 27.6 Å². The lowest BCUT2D eigenvalue weighted by Gasteiger charge is -2.33. The second kappa shape index (κ2) is 18.6. The zero-order chi connectivity index (χ0) is 38.1. The number of carbonyl (C=O) groups excluding carboxylic acids is 3. The molecule has 0 spiro atoms. The Morgan fingerprint density at radius 1 is 0.925 bits per heavy atom. The fourth-order valence-corrected chi connectivity index (χ4v) is 8.44. The Labute approximate surface area is 317 Å². The molecule has 1 aromatic heterocycles. The smallest absolute Gasteiger partial charge is 0.350 e. The SMILES string of the molecule is CN1C(=O)[C@H](CCCCN)NC(=O)[C@H](CCCN)NCc2cccnc2Sc2c(Cl)ccc(C(F)(F)F)c2CNC(=O)[C@@H]1CC1CCc2ccccc21. The van der Waals surface area contributed by atoms with Gasteiger partial charge >= 0.3 is 6.18 Å². The summed E-state index contributed by atoms with van der Waals surface area (Å²) >= 11 is 7.58. The number of unbranched alkanes of at least 4 members (excludes halogenated alkanes) is 1. The van der Waals surface area contributed by atoms with Crippen molar-refractivity contribution in [3.8, 4) is 0 Å². The summed E-state index contributed by atoms with van der Waals surface area (Å²) in [6, 6.07) is 10.7. The lowest BCUT2D eigenvalue weighted by molar-refractivity contribution is -0.142. The largest absolute Gasteiger partial charge is 0.416 e. The number of carbonyl (C=O) groups is 3. The molecule has 4 atom stereocenters. The van der Waals surface area contributed by atoms with E-state index in [4.69, 9.17) is 23.1 Å². The molecule has 0 bridgehead atoms. The van der Waals surface area contributed by atoms with Crippen LogP contribution in [-0.4, -0.2) is 65.9 Å². The first-order valence-electron chi connectivity index (χ1n) is 18.0. The fourth-order valence-electron chi connectivity index (χ4n) is 7.09. The number of nitrogens with zero attached hydrogens (tertiary/aromatic N) is 2. The van der Waals surface area contributed by atoms with Gasteiger partial charge in [0.05, 0.1) is 16.6 Å². The molecule has 2 aromatic carbocycles. The molecule has 2 aliphatic rings. The molecule has 286 valence electrons. The normalized spacial score (nSPS) is 21.6. The Bertz CT molecular complexity index is 1760. The van der Waals surface area contributed by atoms with Crippen molar-refractivity contribution in [3.63, 3.8) is 0 Å². The van der Waals surface area contributed by atoms with Gasteiger partial charge in [0, 0.05) is 31.2 Å². The quantitative estimate of drug-likeness (QED) is 0.184. The molecule has 1 aliphatic carbocycles. The summed E-state index contributed by atoms with van der Waals surface area (Å²) in [6.45, 7) is 0.361. The minimum absolute atomic E-state index is 0.0571. The van der Waals surface area contributed by atoms with Gasteiger partial charge in [-0.3, -0.25) is 14.4 Å². The molecule has 2 heterocycles. The Balaban J connectivity index is 1.60. The molecule has 3 aromatic rings. The second-order valence-corrected chi connectivity index (χ2v) is 14.9. The number of fused-ring (bicyclic) bond motifs is 3. The number of benzene rings is 2. The summed E-state index contributed by atoms with van der Waals surface area (Å²) in [6.07, 6.45) is 0.859. The second-order valence-electron chi connectivity index (χ2n) is 13.5. The number of nitrogens with one attached hydrogen (secondary N) is 3. The van der Waals surface area contributed by atoms with E-state index < -0.39 is 54.1 Å². The molecule has 15 heteroatoms. The van der Waals surface area contributed by atoms with Crippen LogP contribution in [0.2, 0.25) is 5.02 Å². The molecule has 1 aliphatic heterocycles. The van der Waals surface area contributed by atoms with Gasteiger partial charge in [-0.15, -0.1) is 0 Å². The average Bonchev–Trinajstić information content (AvgIpc) is 3.55. The molecule has 0 radical (unpaired) electrons. The number of nitrogens with two attached hydrogens (primary N) is 2. The van der Waals surface area contributed by atoms with Gasteiger partial charge < -0.3 is 32.3 Å². The van der Waals surface area contributed by atoms with Crippen LogP contribution in [0.1, 0.15) is 78.7 Å². The first-order chi connectivity index (χ1) is 25.4. The Kier molecular flexibility index (Phi) is 14.2. The average molecular weight is 774 g/mol. The van der Waals surface area contributed by atoms with Crippen LogP contribution in [0.5, 0.6) is 0 Å². The molecule has 1 unspecified atom stereocenters. The highest BCUT2D eigenvalue weighted by molar-refractivity contribution is 7.99. The molecular formula is C38H47ClF3N7O3S. The van der Waals surface area contributed by atoms with Crippen LogP contribution in [0.25, 0.3) is 0 Å². The van der Waals surface area contributed by atoms with Crippen molar-refractivity contribution in [2.24, 2.45) is 11.5 Å². The van der Waals surface area contributed by atoms with E-state index in [2.05, 4.69) is 20.9 Å². The van der Waals surface area contributed by atoms with Gasteiger partial charge in [0.15, 0.2) is 0 Å². The topological polar surface area (TPSA) is 155 Å². The van der Waals surface area contributed by atoms with E-state index in [1.54, 1.807) is 12.1 Å². The number of amides is 3. The van der Waals surface area contributed by atoms with Gasteiger partial charge in [0.2, 0.25) is 17.7 Å². The lowest BCUT2D eigenvalue weighted by atomic mass is 9.92. The Morgan fingerprint density at radius 3 is 2.42 bits per heavy atom. The number of hydrogen-bond donors (Lipinski definition) is 5. The Hall–Kier alpha value is -3.69. The van der Waals surface area contributed by atoms with Gasteiger partial charge in [-0.1, -0.05) is 53.7 Å². The van der Waals surface area contributed by atoms with Crippen LogP contribution >= 0.6 is 23.4 Å². The summed E-state index contributed by atoms with van der Waals surface area (Å²) in [5.74, 6) is -1.58. The highest BCUT2D eigenvalue weighted by Gasteiger charge is 2.38. The fraction of sp³-hybridized carbons (Fsp3) is 0.474. The predicted molar refractivity (Wildman–Crippen MR) is 199 cm³/mol. The maximum atomic E-state index is 14.6. The molecule has 3 amide bonds. The van der Waals surface area contributed by atoms with E-state index in [1.165, 1.54) is 24.2 Å². The number of aryl methyl sites for hydroxylation is 1. The summed E-state index contributed by atoms with van der Waals surface area (Å²) in [7, 11) is 1.51. The number of pyridine rings is 1. The van der Waals surface area contributed by atoms with Crippen molar-refractivity contribution < 1.29 is 27.6 Å². The third kappa shape index (κ3) is 10.1. The third-order valence-electron chi connectivity index (χ3n) is 10.0. The van der Waals surface area contributed by atoms with Gasteiger partial charge in [-0.05, 0) is 111 Å². The van der Waals surface area contributed by atoms with Crippen molar-refractivity contribution in [2.45, 2.75) is 105 Å². The van der Waals surface area contributed by atoms with Crippen molar-refractivity contribution in [1.82, 2.24) is 25.8 Å². The van der Waals surface area contributed by atoms with E-state index in [0.717, 1.165) is 41.8 Å². The van der Waals surface area contributed by atoms with Crippen molar-refractivity contribution >= 4 is 41.1 Å². The van der Waals surface area contributed by atoms with Crippen molar-refractivity contribution in [2.75, 3.05) is 20.1 Å². The highest BCUT2D eigenvalue weighted by Crippen LogP contribution is 2.43. The molecule has 7 N–H and O–H groups in total. The van der Waals surface area contributed by atoms with Crippen LogP contribution in [0.3, 0.4) is 0 Å². The summed E-state index contributed by atoms with van der Waals surface area (Å²) in [5, 5.41) is 9.41. The number of alkyl halides is 3. The van der Waals surface area contributed by atoms with Crippen LogP contribution in [0.4, 0.5) is 13.2 Å². The van der Waals surface area contributed by atoms with Crippen molar-refractivity contribution in [1.29, 1.82) is 0 Å². The Morgan fingerprint density at radius 2 is 1.66 bits per heavy atom. The maximum Gasteiger partial charge on any atom is 0.416 e. The van der Waals surface area contributed by atoms with Crippen LogP contribution in [0, 0.1) is 0 Å². The third-order valence-corrected chi connectivity index (χ3v) is 11.7. The molecule has 53 heavy (non-hydrogen) atoms. The van der Waals surface area contributed by atoms with E-state index in [1.807, 2.05) is 24.3 Å². The summed E-state index contributed by atoms with van der Waals surface area (Å²) < 4.78 is 43.7. The van der Waals surface area contributed by atoms with Crippen LogP contribution in [-0.2, 0) is 40.1 Å². The molecule has 5 rings (SSSR count). The number of likely N-dealkylation sites (N-methyl/N-ethyl adjacent to an activating group) is 1. The maximum absolute atomic E-state index is 14.6. The van der Waals surface area contributed by atoms with Gasteiger partial charge in [-0.25, -0.2) is 4.98 Å². The number of aromatic nitrogens is 1. The number of halogens is 4. The zero-order valence-electron chi connectivity index (χ0n) is 29.7. The first-order valence-corrected chi connectivity index (χ1v) is 19.2. The zero-order valence-corrected chi connectivity index (χ0v) is 31.3. The van der Waals surface area contributed by atoms with Crippen molar-refractivity contribution in [3.05, 3.63) is 87.6 Å². The number of hydrogen-bond acceptors (Lipinski definition) is 8. The highest BCUT2D eigenvalue weighted by atomic mass is 35.5. The van der Waals surface area contributed by atoms with E-state index in [0.29, 0.717) is 49.4 Å². The predicted octanol–water partition coefficient (Wildman–Crippen LogP) is 5.29. The lowest BCUT2D eigenvalue weighted by Crippen LogP contribution is -2.56. The van der Waals surface area contributed by atoms with Gasteiger partial charge in [-0.2, -0.15) is 13.2 Å². The monoisotopic (exact) mass is 773 g/mol. The molecule has 10 nitrogen and oxygen atoms in total. The number of rotatable bonds is 9. The van der Waals surface area contributed by atoms with E-state index >= 15 is 0 Å². The summed E-state index contributed by atoms with van der Waals surface area (Å²) in [5.41, 5.74) is 13.3. The molecule has 0 saturated heterocycles. The molecule has 0 fully saturated rings. The van der Waals surface area contributed by atoms with Crippen LogP contribution < -0.4 is 27.4 Å². The minimum atomic E-state index is -4.76.